The molecule has 0 radical (unpaired) electrons. The molecule has 0 bridgehead atoms. The minimum atomic E-state index is -2.17. The average Bonchev–Trinajstić information content (AvgIpc) is 1.35. The molecule has 0 aromatic carbocycles. The van der Waals surface area contributed by atoms with Crippen LogP contribution in [0.4, 0.5) is 0 Å². The Balaban J connectivity index is 3.48. The van der Waals surface area contributed by atoms with Gasteiger partial charge in [0.05, 0.1) is 0 Å². The second-order valence-electron chi connectivity index (χ2n) is 1.30. The lowest BCUT2D eigenvalue weighted by atomic mass is 11.0. The zero-order chi connectivity index (χ0) is 5.21. The van der Waals surface area contributed by atoms with Crippen molar-refractivity contribution >= 4 is 17.7 Å². The molecule has 0 heterocycles. The van der Waals surface area contributed by atoms with E-state index >= 15 is 0 Å². The predicted octanol–water partition coefficient (Wildman–Crippen LogP) is 2.15. The van der Waals surface area contributed by atoms with Gasteiger partial charge in [-0.15, -0.1) is 0 Å². The van der Waals surface area contributed by atoms with Crippen molar-refractivity contribution < 1.29 is 4.57 Å². The summed E-state index contributed by atoms with van der Waals surface area (Å²) in [7, 11) is 0. The topological polar surface area (TPSA) is 17.1 Å². The summed E-state index contributed by atoms with van der Waals surface area (Å²) in [6.45, 7) is 1.20. The van der Waals surface area contributed by atoms with Crippen LogP contribution < -0.4 is 0 Å². The molecule has 1 nitrogen and oxygen atoms in total. The first-order chi connectivity index (χ1) is 2.56. The van der Waals surface area contributed by atoms with E-state index < -0.39 is 6.49 Å². The van der Waals surface area contributed by atoms with Gasteiger partial charge in [0.2, 0.25) is 0 Å². The summed E-state index contributed by atoms with van der Waals surface area (Å²) < 4.78 is 10.3. The van der Waals surface area contributed by atoms with Gasteiger partial charge in [-0.3, -0.25) is 0 Å². The van der Waals surface area contributed by atoms with Crippen molar-refractivity contribution in [3.05, 3.63) is 0 Å². The molecule has 0 N–H and O–H groups in total. The second kappa shape index (κ2) is 1.99. The molecule has 0 aliphatic carbocycles. The summed E-state index contributed by atoms with van der Waals surface area (Å²) in [5.74, 6) is 0. The fourth-order valence-electron chi connectivity index (χ4n) is 0. The number of hydrogen-bond donors (Lipinski definition) is 0. The highest BCUT2D eigenvalue weighted by Gasteiger charge is 2.02. The second-order valence-corrected chi connectivity index (χ2v) is 6.05. The summed E-state index contributed by atoms with van der Waals surface area (Å²) in [4.78, 5) is 0. The third-order valence-corrected chi connectivity index (χ3v) is 2.41. The maximum atomic E-state index is 10.3. The van der Waals surface area contributed by atoms with E-state index in [-0.39, 0.29) is 0 Å². The van der Waals surface area contributed by atoms with E-state index in [1.54, 1.807) is 6.66 Å². The number of halogens is 1. The fourth-order valence-corrected chi connectivity index (χ4v) is 0. The third-order valence-electron chi connectivity index (χ3n) is 0.565. The minimum absolute atomic E-state index is 0.592. The van der Waals surface area contributed by atoms with Gasteiger partial charge in [-0.05, 0) is 0 Å². The van der Waals surface area contributed by atoms with Gasteiger partial charge in [0.1, 0.15) is 0 Å². The molecule has 0 spiro atoms. The Morgan fingerprint density at radius 1 is 1.83 bits per heavy atom. The molecule has 1 atom stereocenters. The first-order valence-electron chi connectivity index (χ1n) is 1.82. The van der Waals surface area contributed by atoms with Crippen LogP contribution in [0.25, 0.3) is 0 Å². The fraction of sp³-hybridized carbons (Fsp3) is 1.00. The Morgan fingerprint density at radius 2 is 2.00 bits per heavy atom. The lowest BCUT2D eigenvalue weighted by molar-refractivity contribution is 0.588. The van der Waals surface area contributed by atoms with Crippen LogP contribution in [-0.4, -0.2) is 12.8 Å². The normalized spacial score (nSPS) is 19.8. The van der Waals surface area contributed by atoms with Gasteiger partial charge in [-0.25, -0.2) is 0 Å². The maximum Gasteiger partial charge on any atom is 0.166 e. The van der Waals surface area contributed by atoms with Crippen LogP contribution in [0.15, 0.2) is 0 Å². The van der Waals surface area contributed by atoms with Crippen molar-refractivity contribution in [3.63, 3.8) is 0 Å². The van der Waals surface area contributed by atoms with Gasteiger partial charge in [-0.1, -0.05) is 18.2 Å². The van der Waals surface area contributed by atoms with E-state index in [4.69, 9.17) is 11.2 Å². The summed E-state index contributed by atoms with van der Waals surface area (Å²) in [5.41, 5.74) is 0. The SMILES string of the molecule is CC[P@@](C)(=O)Cl. The predicted molar refractivity (Wildman–Crippen MR) is 29.9 cm³/mol. The first-order valence-corrected chi connectivity index (χ1v) is 5.07. The van der Waals surface area contributed by atoms with E-state index in [1.165, 1.54) is 0 Å². The molecule has 0 aliphatic heterocycles. The Bertz CT molecular complexity index is 74.9. The molecular formula is C3H8ClOP. The van der Waals surface area contributed by atoms with Crippen LogP contribution >= 0.6 is 17.7 Å². The van der Waals surface area contributed by atoms with Crippen LogP contribution in [0.2, 0.25) is 0 Å². The van der Waals surface area contributed by atoms with Gasteiger partial charge in [0, 0.05) is 12.8 Å². The van der Waals surface area contributed by atoms with Crippen molar-refractivity contribution in [1.29, 1.82) is 0 Å². The van der Waals surface area contributed by atoms with E-state index in [0.29, 0.717) is 6.16 Å². The van der Waals surface area contributed by atoms with Crippen molar-refractivity contribution in [2.24, 2.45) is 0 Å². The monoisotopic (exact) mass is 126 g/mol. The molecule has 0 rings (SSSR count). The van der Waals surface area contributed by atoms with E-state index in [2.05, 4.69) is 0 Å². The molecular weight excluding hydrogens is 118 g/mol. The largest absolute Gasteiger partial charge is 0.307 e. The molecule has 6 heavy (non-hydrogen) atoms. The number of rotatable bonds is 1. The van der Waals surface area contributed by atoms with Gasteiger partial charge >= 0.3 is 0 Å². The van der Waals surface area contributed by atoms with Gasteiger partial charge in [-0.2, -0.15) is 0 Å². The molecule has 0 aromatic rings. The van der Waals surface area contributed by atoms with E-state index in [0.717, 1.165) is 0 Å². The van der Waals surface area contributed by atoms with Crippen molar-refractivity contribution in [3.8, 4) is 0 Å². The Kier molecular flexibility index (Phi) is 2.17. The van der Waals surface area contributed by atoms with Gasteiger partial charge in [0.25, 0.3) is 0 Å². The Hall–Kier alpha value is 0.520. The molecule has 0 aliphatic rings. The zero-order valence-corrected chi connectivity index (χ0v) is 5.59. The quantitative estimate of drug-likeness (QED) is 0.492. The van der Waals surface area contributed by atoms with Crippen molar-refractivity contribution in [1.82, 2.24) is 0 Å². The standard InChI is InChI=1S/C3H8ClOP/c1-3-6(2,4)5/h3H2,1-2H3/t6-/m1/s1. The highest BCUT2D eigenvalue weighted by molar-refractivity contribution is 7.88. The van der Waals surface area contributed by atoms with Crippen molar-refractivity contribution in [2.75, 3.05) is 12.8 Å². The minimum Gasteiger partial charge on any atom is -0.307 e. The lowest BCUT2D eigenvalue weighted by Crippen LogP contribution is -1.67. The molecule has 0 unspecified atom stereocenters. The smallest absolute Gasteiger partial charge is 0.166 e. The average molecular weight is 127 g/mol. The summed E-state index contributed by atoms with van der Waals surface area (Å²) in [6.07, 6.45) is 0.592. The summed E-state index contributed by atoms with van der Waals surface area (Å²) in [6, 6.07) is 0. The molecule has 3 heteroatoms. The van der Waals surface area contributed by atoms with Crippen LogP contribution in [0.1, 0.15) is 6.92 Å². The molecule has 0 saturated carbocycles. The van der Waals surface area contributed by atoms with E-state index in [1.807, 2.05) is 6.92 Å². The van der Waals surface area contributed by atoms with Crippen LogP contribution in [0, 0.1) is 0 Å². The highest BCUT2D eigenvalue weighted by atomic mass is 35.7. The van der Waals surface area contributed by atoms with Crippen LogP contribution in [-0.2, 0) is 4.57 Å². The van der Waals surface area contributed by atoms with Gasteiger partial charge in [0.15, 0.2) is 6.49 Å². The van der Waals surface area contributed by atoms with Crippen LogP contribution in [0.3, 0.4) is 0 Å². The zero-order valence-electron chi connectivity index (χ0n) is 3.94. The van der Waals surface area contributed by atoms with Crippen molar-refractivity contribution in [2.45, 2.75) is 6.92 Å². The first kappa shape index (κ1) is 6.52. The molecule has 38 valence electrons. The molecule has 0 aromatic heterocycles. The lowest BCUT2D eigenvalue weighted by Gasteiger charge is -1.92. The maximum absolute atomic E-state index is 10.3. The number of hydrogen-bond acceptors (Lipinski definition) is 1. The third kappa shape index (κ3) is 4.52. The van der Waals surface area contributed by atoms with Crippen LogP contribution in [0.5, 0.6) is 0 Å². The summed E-state index contributed by atoms with van der Waals surface area (Å²) >= 11 is 5.27. The van der Waals surface area contributed by atoms with Gasteiger partial charge < -0.3 is 4.57 Å². The summed E-state index contributed by atoms with van der Waals surface area (Å²) in [5, 5.41) is 0. The molecule has 0 saturated heterocycles. The van der Waals surface area contributed by atoms with E-state index in [9.17, 15) is 4.57 Å². The Morgan fingerprint density at radius 3 is 2.00 bits per heavy atom. The Labute approximate surface area is 42.9 Å². The molecule has 0 amide bonds. The highest BCUT2D eigenvalue weighted by Crippen LogP contribution is 2.45. The molecule has 0 fully saturated rings.